The normalized spacial score (nSPS) is 10.4. The first kappa shape index (κ1) is 10.9. The summed E-state index contributed by atoms with van der Waals surface area (Å²) < 4.78 is 9.96. The van der Waals surface area contributed by atoms with Crippen LogP contribution in [0.4, 0.5) is 5.69 Å². The van der Waals surface area contributed by atoms with Crippen LogP contribution in [0.2, 0.25) is 0 Å². The molecule has 1 aromatic carbocycles. The van der Waals surface area contributed by atoms with Gasteiger partial charge in [0.25, 0.3) is 5.69 Å². The molecule has 0 amide bonds. The summed E-state index contributed by atoms with van der Waals surface area (Å²) in [7, 11) is 1.36. The van der Waals surface area contributed by atoms with Gasteiger partial charge in [0.15, 0.2) is 11.3 Å². The van der Waals surface area contributed by atoms with E-state index in [4.69, 9.17) is 14.3 Å². The molecule has 2 aromatic rings. The highest BCUT2D eigenvalue weighted by atomic mass is 16.6. The van der Waals surface area contributed by atoms with Crippen LogP contribution in [0.3, 0.4) is 0 Å². The molecule has 1 heterocycles. The minimum absolute atomic E-state index is 0.0547. The highest BCUT2D eigenvalue weighted by Gasteiger charge is 2.21. The number of nitro benzene ring substituents is 1. The molecule has 7 heteroatoms. The van der Waals surface area contributed by atoms with Gasteiger partial charge in [-0.25, -0.2) is 4.79 Å². The van der Waals surface area contributed by atoms with E-state index in [9.17, 15) is 14.9 Å². The lowest BCUT2D eigenvalue weighted by Crippen LogP contribution is -1.91. The molecule has 0 saturated carbocycles. The number of nitro groups is 1. The molecule has 0 aliphatic heterocycles. The van der Waals surface area contributed by atoms with Gasteiger partial charge in [-0.3, -0.25) is 10.1 Å². The van der Waals surface area contributed by atoms with Crippen molar-refractivity contribution in [1.29, 1.82) is 0 Å². The van der Waals surface area contributed by atoms with Crippen molar-refractivity contribution in [3.63, 3.8) is 0 Å². The SMILES string of the molecule is COc1ccc([N+](=O)[O-])c2cc(C(=O)O)oc12. The van der Waals surface area contributed by atoms with Crippen LogP contribution in [-0.4, -0.2) is 23.1 Å². The zero-order chi connectivity index (χ0) is 12.6. The number of hydrogen-bond donors (Lipinski definition) is 1. The Bertz CT molecular complexity index is 615. The highest BCUT2D eigenvalue weighted by molar-refractivity contribution is 5.97. The van der Waals surface area contributed by atoms with Gasteiger partial charge in [0.2, 0.25) is 5.76 Å². The number of furan rings is 1. The van der Waals surface area contributed by atoms with Gasteiger partial charge in [0.05, 0.1) is 12.0 Å². The van der Waals surface area contributed by atoms with Crippen LogP contribution in [0, 0.1) is 10.1 Å². The van der Waals surface area contributed by atoms with E-state index in [2.05, 4.69) is 0 Å². The van der Waals surface area contributed by atoms with Crippen molar-refractivity contribution in [2.75, 3.05) is 7.11 Å². The molecule has 0 unspecified atom stereocenters. The second-order valence-electron chi connectivity index (χ2n) is 3.20. The third-order valence-corrected chi connectivity index (χ3v) is 2.25. The Morgan fingerprint density at radius 2 is 2.24 bits per heavy atom. The second-order valence-corrected chi connectivity index (χ2v) is 3.20. The molecule has 88 valence electrons. The summed E-state index contributed by atoms with van der Waals surface area (Å²) in [6, 6.07) is 3.70. The van der Waals surface area contributed by atoms with Crippen LogP contribution >= 0.6 is 0 Å². The van der Waals surface area contributed by atoms with Crippen LogP contribution < -0.4 is 4.74 Å². The fraction of sp³-hybridized carbons (Fsp3) is 0.100. The first-order chi connectivity index (χ1) is 8.04. The number of rotatable bonds is 3. The van der Waals surface area contributed by atoms with E-state index in [-0.39, 0.29) is 28.2 Å². The van der Waals surface area contributed by atoms with E-state index in [0.29, 0.717) is 0 Å². The predicted octanol–water partition coefficient (Wildman–Crippen LogP) is 2.05. The van der Waals surface area contributed by atoms with E-state index >= 15 is 0 Å². The van der Waals surface area contributed by atoms with Crippen molar-refractivity contribution in [1.82, 2.24) is 0 Å². The summed E-state index contributed by atoms with van der Waals surface area (Å²) >= 11 is 0. The molecule has 1 aromatic heterocycles. The topological polar surface area (TPSA) is 103 Å². The number of aromatic carboxylic acids is 1. The molecule has 1 N–H and O–H groups in total. The van der Waals surface area contributed by atoms with Crippen LogP contribution in [0.15, 0.2) is 22.6 Å². The van der Waals surface area contributed by atoms with Gasteiger partial charge in [-0.1, -0.05) is 0 Å². The highest BCUT2D eigenvalue weighted by Crippen LogP contribution is 2.35. The lowest BCUT2D eigenvalue weighted by Gasteiger charge is -1.99. The van der Waals surface area contributed by atoms with Crippen LogP contribution in [0.5, 0.6) is 5.75 Å². The zero-order valence-corrected chi connectivity index (χ0v) is 8.67. The zero-order valence-electron chi connectivity index (χ0n) is 8.67. The number of carbonyl (C=O) groups is 1. The van der Waals surface area contributed by atoms with Gasteiger partial charge in [-0.15, -0.1) is 0 Å². The molecule has 0 spiro atoms. The predicted molar refractivity (Wildman–Crippen MR) is 56.4 cm³/mol. The first-order valence-corrected chi connectivity index (χ1v) is 4.53. The van der Waals surface area contributed by atoms with Crippen molar-refractivity contribution in [3.8, 4) is 5.75 Å². The number of hydrogen-bond acceptors (Lipinski definition) is 5. The van der Waals surface area contributed by atoms with Crippen LogP contribution in [0.1, 0.15) is 10.6 Å². The minimum Gasteiger partial charge on any atom is -0.493 e. The van der Waals surface area contributed by atoms with E-state index in [1.807, 2.05) is 0 Å². The number of non-ortho nitro benzene ring substituents is 1. The molecule has 0 bridgehead atoms. The maximum absolute atomic E-state index is 10.8. The summed E-state index contributed by atoms with van der Waals surface area (Å²) in [5.74, 6) is -1.41. The van der Waals surface area contributed by atoms with Crippen molar-refractivity contribution >= 4 is 22.6 Å². The van der Waals surface area contributed by atoms with Crippen LogP contribution in [0.25, 0.3) is 11.0 Å². The molecule has 0 radical (unpaired) electrons. The summed E-state index contributed by atoms with van der Waals surface area (Å²) in [4.78, 5) is 20.9. The second kappa shape index (κ2) is 3.78. The summed E-state index contributed by atoms with van der Waals surface area (Å²) in [5.41, 5.74) is -0.170. The largest absolute Gasteiger partial charge is 0.493 e. The maximum atomic E-state index is 10.8. The van der Waals surface area contributed by atoms with Gasteiger partial charge in [0.1, 0.15) is 5.39 Å². The van der Waals surface area contributed by atoms with E-state index in [1.54, 1.807) is 0 Å². The van der Waals surface area contributed by atoms with Crippen LogP contribution in [-0.2, 0) is 0 Å². The van der Waals surface area contributed by atoms with Crippen molar-refractivity contribution in [2.45, 2.75) is 0 Å². The van der Waals surface area contributed by atoms with E-state index < -0.39 is 10.9 Å². The average molecular weight is 237 g/mol. The Morgan fingerprint density at radius 3 is 2.76 bits per heavy atom. The number of nitrogens with zero attached hydrogens (tertiary/aromatic N) is 1. The molecule has 17 heavy (non-hydrogen) atoms. The lowest BCUT2D eigenvalue weighted by molar-refractivity contribution is -0.383. The van der Waals surface area contributed by atoms with E-state index in [0.717, 1.165) is 6.07 Å². The monoisotopic (exact) mass is 237 g/mol. The first-order valence-electron chi connectivity index (χ1n) is 4.53. The Kier molecular flexibility index (Phi) is 2.43. The number of ether oxygens (including phenoxy) is 1. The third-order valence-electron chi connectivity index (χ3n) is 2.25. The van der Waals surface area contributed by atoms with Gasteiger partial charge < -0.3 is 14.3 Å². The summed E-state index contributed by atoms with van der Waals surface area (Å²) in [6.07, 6.45) is 0. The fourth-order valence-electron chi connectivity index (χ4n) is 1.51. The molecular formula is C10H7NO6. The summed E-state index contributed by atoms with van der Waals surface area (Å²) in [6.45, 7) is 0. The standard InChI is InChI=1S/C10H7NO6/c1-16-7-3-2-6(11(14)15)5-4-8(10(12)13)17-9(5)7/h2-4H,1H3,(H,12,13). The third kappa shape index (κ3) is 1.67. The van der Waals surface area contributed by atoms with E-state index in [1.165, 1.54) is 19.2 Å². The Labute approximate surface area is 94.4 Å². The van der Waals surface area contributed by atoms with Gasteiger partial charge in [-0.2, -0.15) is 0 Å². The molecule has 0 aliphatic rings. The maximum Gasteiger partial charge on any atom is 0.371 e. The molecule has 2 rings (SSSR count). The quantitative estimate of drug-likeness (QED) is 0.647. The van der Waals surface area contributed by atoms with Gasteiger partial charge >= 0.3 is 5.97 Å². The molecule has 7 nitrogen and oxygen atoms in total. The smallest absolute Gasteiger partial charge is 0.371 e. The molecule has 0 saturated heterocycles. The van der Waals surface area contributed by atoms with Gasteiger partial charge in [-0.05, 0) is 6.07 Å². The Balaban J connectivity index is 2.81. The number of carboxylic acid groups (broad SMARTS) is 1. The fourth-order valence-corrected chi connectivity index (χ4v) is 1.51. The van der Waals surface area contributed by atoms with Crippen molar-refractivity contribution < 1.29 is 24.0 Å². The van der Waals surface area contributed by atoms with Gasteiger partial charge in [0, 0.05) is 12.1 Å². The minimum atomic E-state index is -1.29. The molecule has 0 atom stereocenters. The summed E-state index contributed by atoms with van der Waals surface area (Å²) in [5, 5.41) is 19.6. The molecule has 0 aliphatic carbocycles. The molecule has 0 fully saturated rings. The number of methoxy groups -OCH3 is 1. The average Bonchev–Trinajstić information content (AvgIpc) is 2.71. The number of benzene rings is 1. The molecular weight excluding hydrogens is 230 g/mol. The number of fused-ring (bicyclic) bond motifs is 1. The Morgan fingerprint density at radius 1 is 1.53 bits per heavy atom. The Hall–Kier alpha value is -2.57. The van der Waals surface area contributed by atoms with Crippen molar-refractivity contribution in [2.24, 2.45) is 0 Å². The number of carboxylic acids is 1. The lowest BCUT2D eigenvalue weighted by atomic mass is 10.2. The van der Waals surface area contributed by atoms with Crippen molar-refractivity contribution in [3.05, 3.63) is 34.1 Å².